The van der Waals surface area contributed by atoms with Crippen LogP contribution in [0.4, 0.5) is 5.69 Å². The molecule has 2 N–H and O–H groups in total. The van der Waals surface area contributed by atoms with E-state index in [1.165, 1.54) is 0 Å². The molecule has 7 nitrogen and oxygen atoms in total. The summed E-state index contributed by atoms with van der Waals surface area (Å²) in [7, 11) is 0. The predicted molar refractivity (Wildman–Crippen MR) is 91.8 cm³/mol. The van der Waals surface area contributed by atoms with Gasteiger partial charge in [0, 0.05) is 24.6 Å². The molecule has 0 radical (unpaired) electrons. The Bertz CT molecular complexity index is 778. The van der Waals surface area contributed by atoms with E-state index < -0.39 is 5.97 Å². The highest BCUT2D eigenvalue weighted by atomic mass is 16.5. The third kappa shape index (κ3) is 3.88. The van der Waals surface area contributed by atoms with Gasteiger partial charge in [-0.05, 0) is 31.4 Å². The second-order valence-electron chi connectivity index (χ2n) is 6.11. The largest absolute Gasteiger partial charge is 0.481 e. The number of carboxylic acids is 1. The molecule has 0 atom stereocenters. The van der Waals surface area contributed by atoms with Crippen LogP contribution >= 0.6 is 0 Å². The second-order valence-corrected chi connectivity index (χ2v) is 6.11. The Kier molecular flexibility index (Phi) is 5.14. The van der Waals surface area contributed by atoms with Gasteiger partial charge in [0.1, 0.15) is 0 Å². The lowest BCUT2D eigenvalue weighted by Gasteiger charge is -2.23. The highest BCUT2D eigenvalue weighted by molar-refractivity contribution is 6.05. The molecule has 1 aliphatic heterocycles. The molecule has 1 fully saturated rings. The summed E-state index contributed by atoms with van der Waals surface area (Å²) in [6.07, 6.45) is 3.19. The molecule has 1 aliphatic rings. The summed E-state index contributed by atoms with van der Waals surface area (Å²) < 4.78 is 7.26. The van der Waals surface area contributed by atoms with Crippen molar-refractivity contribution in [3.8, 4) is 0 Å². The lowest BCUT2D eigenvalue weighted by molar-refractivity contribution is -0.136. The average molecular weight is 343 g/mol. The maximum Gasteiger partial charge on any atom is 0.307 e. The Hall–Kier alpha value is -2.67. The predicted octanol–water partition coefficient (Wildman–Crippen LogP) is 2.42. The number of nitrogens with zero attached hydrogens (tertiary/aromatic N) is 2. The first-order valence-electron chi connectivity index (χ1n) is 8.29. The number of anilines is 1. The number of ether oxygens (including phenoxy) is 1. The lowest BCUT2D eigenvalue weighted by Crippen LogP contribution is -2.22. The van der Waals surface area contributed by atoms with Crippen molar-refractivity contribution in [1.82, 2.24) is 9.78 Å². The number of carboxylic acid groups (broad SMARTS) is 1. The molecular formula is C18H21N3O4. The Morgan fingerprint density at radius 1 is 1.32 bits per heavy atom. The lowest BCUT2D eigenvalue weighted by atomic mass is 10.1. The van der Waals surface area contributed by atoms with E-state index in [1.807, 2.05) is 11.6 Å². The van der Waals surface area contributed by atoms with E-state index in [1.54, 1.807) is 30.5 Å². The molecule has 0 unspecified atom stereocenters. The van der Waals surface area contributed by atoms with Gasteiger partial charge in [0.15, 0.2) is 0 Å². The number of carbonyl (C=O) groups excluding carboxylic acids is 1. The number of nitrogens with one attached hydrogen (secondary N) is 1. The SMILES string of the molecule is Cc1c(C(=O)Nc2ccccc2CC(=O)O)cnn1C1CCOCC1. The average Bonchev–Trinajstić information content (AvgIpc) is 2.98. The van der Waals surface area contributed by atoms with Gasteiger partial charge < -0.3 is 15.2 Å². The van der Waals surface area contributed by atoms with Crippen LogP contribution in [0.1, 0.15) is 40.5 Å². The van der Waals surface area contributed by atoms with Crippen LogP contribution in [-0.4, -0.2) is 40.0 Å². The van der Waals surface area contributed by atoms with Crippen LogP contribution in [0, 0.1) is 6.92 Å². The Morgan fingerprint density at radius 2 is 2.04 bits per heavy atom. The van der Waals surface area contributed by atoms with E-state index in [2.05, 4.69) is 10.4 Å². The normalized spacial score (nSPS) is 15.1. The third-order valence-corrected chi connectivity index (χ3v) is 4.43. The number of benzene rings is 1. The number of para-hydroxylation sites is 1. The van der Waals surface area contributed by atoms with E-state index in [0.717, 1.165) is 18.5 Å². The van der Waals surface area contributed by atoms with E-state index in [9.17, 15) is 9.59 Å². The van der Waals surface area contributed by atoms with Gasteiger partial charge in [0.2, 0.25) is 0 Å². The van der Waals surface area contributed by atoms with E-state index in [-0.39, 0.29) is 18.4 Å². The summed E-state index contributed by atoms with van der Waals surface area (Å²) in [5.74, 6) is -1.22. The minimum absolute atomic E-state index is 0.142. The van der Waals surface area contributed by atoms with E-state index in [4.69, 9.17) is 9.84 Å². The maximum atomic E-state index is 12.6. The van der Waals surface area contributed by atoms with Crippen LogP contribution in [0.15, 0.2) is 30.5 Å². The third-order valence-electron chi connectivity index (χ3n) is 4.43. The molecular weight excluding hydrogens is 322 g/mol. The van der Waals surface area contributed by atoms with Gasteiger partial charge in [-0.25, -0.2) is 0 Å². The summed E-state index contributed by atoms with van der Waals surface area (Å²) in [4.78, 5) is 23.6. The molecule has 7 heteroatoms. The molecule has 0 saturated carbocycles. The van der Waals surface area contributed by atoms with Gasteiger partial charge in [0.05, 0.1) is 24.2 Å². The van der Waals surface area contributed by atoms with Gasteiger partial charge in [-0.15, -0.1) is 0 Å². The van der Waals surface area contributed by atoms with E-state index in [0.29, 0.717) is 30.0 Å². The smallest absolute Gasteiger partial charge is 0.307 e. The zero-order valence-corrected chi connectivity index (χ0v) is 14.1. The minimum atomic E-state index is -0.940. The molecule has 1 amide bonds. The molecule has 25 heavy (non-hydrogen) atoms. The molecule has 0 aliphatic carbocycles. The van der Waals surface area contributed by atoms with Gasteiger partial charge in [0.25, 0.3) is 5.91 Å². The first-order chi connectivity index (χ1) is 12.1. The van der Waals surface area contributed by atoms with Crippen molar-refractivity contribution in [2.75, 3.05) is 18.5 Å². The van der Waals surface area contributed by atoms with Crippen molar-refractivity contribution in [3.05, 3.63) is 47.3 Å². The fourth-order valence-electron chi connectivity index (χ4n) is 3.09. The van der Waals surface area contributed by atoms with Crippen LogP contribution in [0.25, 0.3) is 0 Å². The van der Waals surface area contributed by atoms with Crippen molar-refractivity contribution in [1.29, 1.82) is 0 Å². The van der Waals surface area contributed by atoms with Crippen molar-refractivity contribution < 1.29 is 19.4 Å². The number of aromatic nitrogens is 2. The number of hydrogen-bond acceptors (Lipinski definition) is 4. The maximum absolute atomic E-state index is 12.6. The number of hydrogen-bond donors (Lipinski definition) is 2. The fourth-order valence-corrected chi connectivity index (χ4v) is 3.09. The standard InChI is InChI=1S/C18H21N3O4/c1-12-15(11-19-21(12)14-6-8-25-9-7-14)18(24)20-16-5-3-2-4-13(16)10-17(22)23/h2-5,11,14H,6-10H2,1H3,(H,20,24)(H,22,23). The van der Waals surface area contributed by atoms with Gasteiger partial charge >= 0.3 is 5.97 Å². The van der Waals surface area contributed by atoms with Crippen LogP contribution in [0.3, 0.4) is 0 Å². The van der Waals surface area contributed by atoms with Crippen molar-refractivity contribution >= 4 is 17.6 Å². The van der Waals surface area contributed by atoms with Crippen LogP contribution in [0.2, 0.25) is 0 Å². The van der Waals surface area contributed by atoms with Gasteiger partial charge in [-0.3, -0.25) is 14.3 Å². The molecule has 132 valence electrons. The van der Waals surface area contributed by atoms with Crippen molar-refractivity contribution in [3.63, 3.8) is 0 Å². The van der Waals surface area contributed by atoms with Crippen LogP contribution in [-0.2, 0) is 16.0 Å². The molecule has 2 heterocycles. The zero-order valence-electron chi connectivity index (χ0n) is 14.1. The summed E-state index contributed by atoms with van der Waals surface area (Å²) in [5, 5.41) is 16.2. The monoisotopic (exact) mass is 343 g/mol. The molecule has 2 aromatic rings. The fraction of sp³-hybridized carbons (Fsp3) is 0.389. The first-order valence-corrected chi connectivity index (χ1v) is 8.29. The summed E-state index contributed by atoms with van der Waals surface area (Å²) in [5.41, 5.74) is 2.38. The second kappa shape index (κ2) is 7.48. The van der Waals surface area contributed by atoms with Gasteiger partial charge in [-0.2, -0.15) is 5.10 Å². The van der Waals surface area contributed by atoms with Crippen LogP contribution in [0.5, 0.6) is 0 Å². The number of carbonyl (C=O) groups is 2. The first kappa shape index (κ1) is 17.2. The summed E-state index contributed by atoms with van der Waals surface area (Å²) in [6.45, 7) is 3.28. The summed E-state index contributed by atoms with van der Waals surface area (Å²) >= 11 is 0. The molecule has 1 saturated heterocycles. The highest BCUT2D eigenvalue weighted by Crippen LogP contribution is 2.24. The number of amides is 1. The highest BCUT2D eigenvalue weighted by Gasteiger charge is 2.22. The molecule has 3 rings (SSSR count). The van der Waals surface area contributed by atoms with Crippen molar-refractivity contribution in [2.24, 2.45) is 0 Å². The topological polar surface area (TPSA) is 93.5 Å². The molecule has 0 bridgehead atoms. The van der Waals surface area contributed by atoms with Crippen LogP contribution < -0.4 is 5.32 Å². The van der Waals surface area contributed by atoms with E-state index >= 15 is 0 Å². The zero-order chi connectivity index (χ0) is 17.8. The molecule has 1 aromatic carbocycles. The van der Waals surface area contributed by atoms with Crippen molar-refractivity contribution in [2.45, 2.75) is 32.2 Å². The molecule has 1 aromatic heterocycles. The Labute approximate surface area is 145 Å². The number of aliphatic carboxylic acids is 1. The minimum Gasteiger partial charge on any atom is -0.481 e. The van der Waals surface area contributed by atoms with Gasteiger partial charge in [-0.1, -0.05) is 18.2 Å². The quantitative estimate of drug-likeness (QED) is 0.869. The Morgan fingerprint density at radius 3 is 2.76 bits per heavy atom. The summed E-state index contributed by atoms with van der Waals surface area (Å²) in [6, 6.07) is 7.16. The molecule has 0 spiro atoms. The number of rotatable bonds is 5. The Balaban J connectivity index is 1.78.